The van der Waals surface area contributed by atoms with Gasteiger partial charge in [0.2, 0.25) is 5.91 Å². The first-order chi connectivity index (χ1) is 8.22. The Hall–Kier alpha value is -0.610. The molecule has 0 unspecified atom stereocenters. The quantitative estimate of drug-likeness (QED) is 0.738. The molecule has 4 nitrogen and oxygen atoms in total. The van der Waals surface area contributed by atoms with Gasteiger partial charge in [0, 0.05) is 25.2 Å². The fraction of sp³-hybridized carbons (Fsp3) is 0.923. The van der Waals surface area contributed by atoms with Gasteiger partial charge in [-0.25, -0.2) is 0 Å². The monoisotopic (exact) mass is 239 g/mol. The van der Waals surface area contributed by atoms with Crippen LogP contribution in [0.1, 0.15) is 33.1 Å². The SMILES string of the molecule is CCC(CC)NC(=O)CN1C[C@@H]2CCN[C@@H]2C1. The number of amides is 1. The molecule has 2 aliphatic heterocycles. The Bertz CT molecular complexity index is 253. The molecular formula is C13H25N3O. The molecule has 2 aliphatic rings. The molecule has 4 heteroatoms. The number of carbonyl (C=O) groups is 1. The standard InChI is InChI=1S/C13H25N3O/c1-3-11(4-2)15-13(17)9-16-7-10-5-6-14-12(10)8-16/h10-12,14H,3-9H2,1-2H3,(H,15,17)/t10-,12+/m0/s1. The molecule has 17 heavy (non-hydrogen) atoms. The zero-order chi connectivity index (χ0) is 12.3. The summed E-state index contributed by atoms with van der Waals surface area (Å²) in [6.07, 6.45) is 3.32. The number of carbonyl (C=O) groups excluding carboxylic acids is 1. The third kappa shape index (κ3) is 3.19. The van der Waals surface area contributed by atoms with Crippen molar-refractivity contribution in [2.45, 2.75) is 45.2 Å². The largest absolute Gasteiger partial charge is 0.352 e. The molecule has 0 aromatic rings. The van der Waals surface area contributed by atoms with E-state index < -0.39 is 0 Å². The van der Waals surface area contributed by atoms with Crippen LogP contribution in [0, 0.1) is 5.92 Å². The van der Waals surface area contributed by atoms with Crippen LogP contribution in [0.15, 0.2) is 0 Å². The molecule has 0 aromatic heterocycles. The molecule has 0 radical (unpaired) electrons. The zero-order valence-electron chi connectivity index (χ0n) is 11.0. The fourth-order valence-corrected chi connectivity index (χ4v) is 3.04. The minimum absolute atomic E-state index is 0.193. The van der Waals surface area contributed by atoms with Gasteiger partial charge >= 0.3 is 0 Å². The van der Waals surface area contributed by atoms with Crippen molar-refractivity contribution < 1.29 is 4.79 Å². The van der Waals surface area contributed by atoms with E-state index in [9.17, 15) is 4.79 Å². The Morgan fingerprint density at radius 3 is 2.82 bits per heavy atom. The number of rotatable bonds is 5. The van der Waals surface area contributed by atoms with E-state index in [1.807, 2.05) is 0 Å². The Morgan fingerprint density at radius 1 is 1.41 bits per heavy atom. The van der Waals surface area contributed by atoms with Crippen LogP contribution in [0.3, 0.4) is 0 Å². The average Bonchev–Trinajstić information content (AvgIpc) is 2.86. The van der Waals surface area contributed by atoms with Crippen molar-refractivity contribution in [2.75, 3.05) is 26.2 Å². The molecule has 2 rings (SSSR count). The van der Waals surface area contributed by atoms with Gasteiger partial charge in [-0.1, -0.05) is 13.8 Å². The minimum Gasteiger partial charge on any atom is -0.352 e. The van der Waals surface area contributed by atoms with Gasteiger partial charge in [-0.05, 0) is 31.7 Å². The summed E-state index contributed by atoms with van der Waals surface area (Å²) in [7, 11) is 0. The first-order valence-corrected chi connectivity index (χ1v) is 6.98. The maximum Gasteiger partial charge on any atom is 0.234 e. The summed E-state index contributed by atoms with van der Waals surface area (Å²) in [6, 6.07) is 0.985. The van der Waals surface area contributed by atoms with E-state index in [1.54, 1.807) is 0 Å². The van der Waals surface area contributed by atoms with Crippen molar-refractivity contribution in [1.29, 1.82) is 0 Å². The summed E-state index contributed by atoms with van der Waals surface area (Å²) in [6.45, 7) is 8.11. The third-order valence-corrected chi connectivity index (χ3v) is 4.16. The molecule has 1 amide bonds. The molecule has 2 atom stereocenters. The molecule has 2 N–H and O–H groups in total. The minimum atomic E-state index is 0.193. The summed E-state index contributed by atoms with van der Waals surface area (Å²) in [5, 5.41) is 6.62. The second-order valence-electron chi connectivity index (χ2n) is 5.38. The van der Waals surface area contributed by atoms with Crippen molar-refractivity contribution >= 4 is 5.91 Å². The van der Waals surface area contributed by atoms with Crippen molar-refractivity contribution in [3.63, 3.8) is 0 Å². The lowest BCUT2D eigenvalue weighted by molar-refractivity contribution is -0.122. The van der Waals surface area contributed by atoms with Crippen LogP contribution in [0.4, 0.5) is 0 Å². The van der Waals surface area contributed by atoms with Gasteiger partial charge in [-0.3, -0.25) is 9.69 Å². The van der Waals surface area contributed by atoms with Crippen LogP contribution in [0.25, 0.3) is 0 Å². The van der Waals surface area contributed by atoms with Gasteiger partial charge < -0.3 is 10.6 Å². The number of hydrogen-bond donors (Lipinski definition) is 2. The first kappa shape index (κ1) is 12.8. The van der Waals surface area contributed by atoms with E-state index >= 15 is 0 Å². The fourth-order valence-electron chi connectivity index (χ4n) is 3.04. The smallest absolute Gasteiger partial charge is 0.234 e. The highest BCUT2D eigenvalue weighted by Crippen LogP contribution is 2.23. The van der Waals surface area contributed by atoms with Gasteiger partial charge in [0.25, 0.3) is 0 Å². The van der Waals surface area contributed by atoms with E-state index in [2.05, 4.69) is 29.4 Å². The predicted octanol–water partition coefficient (Wildman–Crippen LogP) is 0.585. The maximum absolute atomic E-state index is 11.9. The Balaban J connectivity index is 1.72. The van der Waals surface area contributed by atoms with Crippen LogP contribution >= 0.6 is 0 Å². The normalized spacial score (nSPS) is 28.6. The van der Waals surface area contributed by atoms with Crippen molar-refractivity contribution in [1.82, 2.24) is 15.5 Å². The van der Waals surface area contributed by atoms with Crippen LogP contribution in [-0.2, 0) is 4.79 Å². The molecule has 2 heterocycles. The summed E-state index contributed by atoms with van der Waals surface area (Å²) in [5.41, 5.74) is 0. The zero-order valence-corrected chi connectivity index (χ0v) is 11.0. The highest BCUT2D eigenvalue weighted by molar-refractivity contribution is 5.78. The van der Waals surface area contributed by atoms with Crippen LogP contribution in [0.5, 0.6) is 0 Å². The van der Waals surface area contributed by atoms with E-state index in [0.717, 1.165) is 38.4 Å². The summed E-state index contributed by atoms with van der Waals surface area (Å²) in [5.74, 6) is 0.967. The van der Waals surface area contributed by atoms with Crippen molar-refractivity contribution in [3.05, 3.63) is 0 Å². The molecular weight excluding hydrogens is 214 g/mol. The Morgan fingerprint density at radius 2 is 2.18 bits per heavy atom. The lowest BCUT2D eigenvalue weighted by Gasteiger charge is -2.19. The Labute approximate surface area is 104 Å². The number of nitrogens with zero attached hydrogens (tertiary/aromatic N) is 1. The van der Waals surface area contributed by atoms with Crippen molar-refractivity contribution in [3.8, 4) is 0 Å². The number of likely N-dealkylation sites (tertiary alicyclic amines) is 1. The van der Waals surface area contributed by atoms with Gasteiger partial charge in [0.15, 0.2) is 0 Å². The molecule has 0 bridgehead atoms. The number of hydrogen-bond acceptors (Lipinski definition) is 3. The molecule has 0 aliphatic carbocycles. The summed E-state index contributed by atoms with van der Waals surface area (Å²) < 4.78 is 0. The first-order valence-electron chi connectivity index (χ1n) is 6.98. The van der Waals surface area contributed by atoms with E-state index in [0.29, 0.717) is 18.6 Å². The maximum atomic E-state index is 11.9. The molecule has 98 valence electrons. The van der Waals surface area contributed by atoms with Gasteiger partial charge in [-0.2, -0.15) is 0 Å². The number of nitrogens with one attached hydrogen (secondary N) is 2. The summed E-state index contributed by atoms with van der Waals surface area (Å²) >= 11 is 0. The van der Waals surface area contributed by atoms with Crippen molar-refractivity contribution in [2.24, 2.45) is 5.92 Å². The van der Waals surface area contributed by atoms with Gasteiger partial charge in [0.1, 0.15) is 0 Å². The second-order valence-corrected chi connectivity index (χ2v) is 5.38. The third-order valence-electron chi connectivity index (χ3n) is 4.16. The average molecular weight is 239 g/mol. The topological polar surface area (TPSA) is 44.4 Å². The lowest BCUT2D eigenvalue weighted by Crippen LogP contribution is -2.42. The highest BCUT2D eigenvalue weighted by Gasteiger charge is 2.36. The molecule has 2 saturated heterocycles. The van der Waals surface area contributed by atoms with Crippen LogP contribution in [-0.4, -0.2) is 49.1 Å². The molecule has 0 spiro atoms. The van der Waals surface area contributed by atoms with Gasteiger partial charge in [-0.15, -0.1) is 0 Å². The number of fused-ring (bicyclic) bond motifs is 1. The van der Waals surface area contributed by atoms with Crippen LogP contribution in [0.2, 0.25) is 0 Å². The van der Waals surface area contributed by atoms with Gasteiger partial charge in [0.05, 0.1) is 6.54 Å². The molecule has 2 fully saturated rings. The second kappa shape index (κ2) is 5.83. The van der Waals surface area contributed by atoms with E-state index in [-0.39, 0.29) is 5.91 Å². The molecule has 0 saturated carbocycles. The Kier molecular flexibility index (Phi) is 4.40. The van der Waals surface area contributed by atoms with E-state index in [4.69, 9.17) is 0 Å². The van der Waals surface area contributed by atoms with Crippen LogP contribution < -0.4 is 10.6 Å². The van der Waals surface area contributed by atoms with E-state index in [1.165, 1.54) is 6.42 Å². The molecule has 0 aromatic carbocycles. The highest BCUT2D eigenvalue weighted by atomic mass is 16.2. The predicted molar refractivity (Wildman–Crippen MR) is 68.9 cm³/mol. The summed E-state index contributed by atoms with van der Waals surface area (Å²) in [4.78, 5) is 14.2. The lowest BCUT2D eigenvalue weighted by atomic mass is 10.1.